The van der Waals surface area contributed by atoms with Crippen LogP contribution in [0.5, 0.6) is 11.5 Å². The third kappa shape index (κ3) is 4.33. The minimum Gasteiger partial charge on any atom is -0.488 e. The fourth-order valence-corrected chi connectivity index (χ4v) is 4.09. The van der Waals surface area contributed by atoms with Crippen molar-refractivity contribution in [3.05, 3.63) is 124 Å². The van der Waals surface area contributed by atoms with Crippen LogP contribution >= 0.6 is 11.6 Å². The lowest BCUT2D eigenvalue weighted by molar-refractivity contribution is 0.101. The highest BCUT2D eigenvalue weighted by atomic mass is 35.5. The van der Waals surface area contributed by atoms with E-state index < -0.39 is 5.82 Å². The number of Topliss-reactive ketones (excluding diaryl/α,β-unsaturated/α-hetero) is 1. The van der Waals surface area contributed by atoms with Crippen molar-refractivity contribution in [1.82, 2.24) is 0 Å². The van der Waals surface area contributed by atoms with Crippen molar-refractivity contribution in [3.8, 4) is 22.6 Å². The van der Waals surface area contributed by atoms with E-state index in [1.165, 1.54) is 12.1 Å². The molecule has 0 saturated carbocycles. The van der Waals surface area contributed by atoms with Crippen molar-refractivity contribution in [2.75, 3.05) is 0 Å². The summed E-state index contributed by atoms with van der Waals surface area (Å²) in [6, 6.07) is 25.7. The quantitative estimate of drug-likeness (QED) is 0.281. The Hall–Kier alpha value is -3.89. The SMILES string of the molecule is Cc1c(OCc2ccc(F)cc2Cl)ccc2c1O/C(=C\c1ccc(-c3ccccc3)cc1)C2=O. The van der Waals surface area contributed by atoms with Gasteiger partial charge >= 0.3 is 0 Å². The molecule has 0 N–H and O–H groups in total. The lowest BCUT2D eigenvalue weighted by atomic mass is 10.0. The molecule has 0 saturated heterocycles. The Kier molecular flexibility index (Phi) is 5.91. The van der Waals surface area contributed by atoms with E-state index in [4.69, 9.17) is 21.1 Å². The fourth-order valence-electron chi connectivity index (χ4n) is 3.87. The zero-order valence-electron chi connectivity index (χ0n) is 18.3. The molecule has 1 heterocycles. The van der Waals surface area contributed by atoms with Crippen molar-refractivity contribution < 1.29 is 18.7 Å². The van der Waals surface area contributed by atoms with Crippen LogP contribution in [0.4, 0.5) is 4.39 Å². The number of allylic oxidation sites excluding steroid dienone is 1. The monoisotopic (exact) mass is 470 g/mol. The van der Waals surface area contributed by atoms with E-state index in [-0.39, 0.29) is 18.1 Å². The maximum Gasteiger partial charge on any atom is 0.231 e. The molecule has 0 atom stereocenters. The summed E-state index contributed by atoms with van der Waals surface area (Å²) in [4.78, 5) is 12.9. The highest BCUT2D eigenvalue weighted by molar-refractivity contribution is 6.31. The molecule has 3 nitrogen and oxygen atoms in total. The van der Waals surface area contributed by atoms with E-state index in [2.05, 4.69) is 12.1 Å². The number of carbonyl (C=O) groups is 1. The molecule has 0 aromatic heterocycles. The average Bonchev–Trinajstić information content (AvgIpc) is 3.16. The molecule has 5 heteroatoms. The van der Waals surface area contributed by atoms with Gasteiger partial charge in [0.25, 0.3) is 0 Å². The van der Waals surface area contributed by atoms with E-state index in [0.29, 0.717) is 33.2 Å². The predicted octanol–water partition coefficient (Wildman–Crippen LogP) is 7.65. The Morgan fingerprint density at radius 3 is 2.41 bits per heavy atom. The Morgan fingerprint density at radius 2 is 1.68 bits per heavy atom. The van der Waals surface area contributed by atoms with E-state index in [1.54, 1.807) is 24.3 Å². The zero-order chi connectivity index (χ0) is 23.7. The molecule has 1 aliphatic heterocycles. The molecule has 0 amide bonds. The van der Waals surface area contributed by atoms with Gasteiger partial charge in [-0.1, -0.05) is 72.3 Å². The number of carbonyl (C=O) groups excluding carboxylic acids is 1. The largest absolute Gasteiger partial charge is 0.488 e. The topological polar surface area (TPSA) is 35.5 Å². The van der Waals surface area contributed by atoms with Gasteiger partial charge < -0.3 is 9.47 Å². The number of hydrogen-bond acceptors (Lipinski definition) is 3. The lowest BCUT2D eigenvalue weighted by Crippen LogP contribution is -1.99. The minimum atomic E-state index is -0.400. The number of hydrogen-bond donors (Lipinski definition) is 0. The first-order chi connectivity index (χ1) is 16.5. The molecule has 0 spiro atoms. The fraction of sp³-hybridized carbons (Fsp3) is 0.0690. The Morgan fingerprint density at radius 1 is 0.941 bits per heavy atom. The second kappa shape index (κ2) is 9.16. The van der Waals surface area contributed by atoms with Crippen LogP contribution < -0.4 is 9.47 Å². The summed E-state index contributed by atoms with van der Waals surface area (Å²) in [6.45, 7) is 2.01. The maximum atomic E-state index is 13.3. The van der Waals surface area contributed by atoms with Crippen LogP contribution in [-0.4, -0.2) is 5.78 Å². The van der Waals surface area contributed by atoms with Crippen LogP contribution in [-0.2, 0) is 6.61 Å². The van der Waals surface area contributed by atoms with Gasteiger partial charge in [-0.3, -0.25) is 4.79 Å². The normalized spacial score (nSPS) is 13.6. The summed E-state index contributed by atoms with van der Waals surface area (Å²) in [5.74, 6) is 0.756. The first-order valence-electron chi connectivity index (χ1n) is 10.8. The molecule has 5 rings (SSSR count). The van der Waals surface area contributed by atoms with Gasteiger partial charge in [0.2, 0.25) is 5.78 Å². The average molecular weight is 471 g/mol. The van der Waals surface area contributed by atoms with Crippen LogP contribution in [0.3, 0.4) is 0 Å². The summed E-state index contributed by atoms with van der Waals surface area (Å²) in [5.41, 5.74) is 4.98. The first kappa shape index (κ1) is 21.9. The van der Waals surface area contributed by atoms with Gasteiger partial charge in [-0.15, -0.1) is 0 Å². The van der Waals surface area contributed by atoms with Crippen molar-refractivity contribution in [2.45, 2.75) is 13.5 Å². The molecule has 4 aromatic carbocycles. The third-order valence-electron chi connectivity index (χ3n) is 5.75. The van der Waals surface area contributed by atoms with Crippen molar-refractivity contribution >= 4 is 23.5 Å². The Labute approximate surface area is 202 Å². The maximum absolute atomic E-state index is 13.3. The summed E-state index contributed by atoms with van der Waals surface area (Å²) < 4.78 is 25.1. The summed E-state index contributed by atoms with van der Waals surface area (Å²) >= 11 is 6.09. The van der Waals surface area contributed by atoms with E-state index >= 15 is 0 Å². The van der Waals surface area contributed by atoms with E-state index in [0.717, 1.165) is 16.7 Å². The number of halogens is 2. The van der Waals surface area contributed by atoms with Crippen LogP contribution in [0.1, 0.15) is 27.0 Å². The summed E-state index contributed by atoms with van der Waals surface area (Å²) in [7, 11) is 0. The standard InChI is InChI=1S/C29H20ClFO3/c1-18-26(33-17-22-11-12-23(31)16-25(22)30)14-13-24-28(32)27(34-29(18)24)15-19-7-9-21(10-8-19)20-5-3-2-4-6-20/h2-16H,17H2,1H3/b27-15-. The van der Waals surface area contributed by atoms with Gasteiger partial charge in [-0.05, 0) is 54.0 Å². The van der Waals surface area contributed by atoms with Crippen LogP contribution in [0.15, 0.2) is 90.7 Å². The first-order valence-corrected chi connectivity index (χ1v) is 11.2. The molecule has 0 radical (unpaired) electrons. The van der Waals surface area contributed by atoms with E-state index in [9.17, 15) is 9.18 Å². The van der Waals surface area contributed by atoms with Gasteiger partial charge in [0.15, 0.2) is 5.76 Å². The van der Waals surface area contributed by atoms with Gasteiger partial charge in [0.05, 0.1) is 10.6 Å². The minimum absolute atomic E-state index is 0.168. The molecule has 168 valence electrons. The molecule has 34 heavy (non-hydrogen) atoms. The lowest BCUT2D eigenvalue weighted by Gasteiger charge is -2.12. The molecule has 0 aliphatic carbocycles. The second-order valence-electron chi connectivity index (χ2n) is 8.02. The van der Waals surface area contributed by atoms with Gasteiger partial charge in [-0.25, -0.2) is 4.39 Å². The molecular formula is C29H20ClFO3. The predicted molar refractivity (Wildman–Crippen MR) is 132 cm³/mol. The highest BCUT2D eigenvalue weighted by Gasteiger charge is 2.30. The van der Waals surface area contributed by atoms with Crippen molar-refractivity contribution in [1.29, 1.82) is 0 Å². The van der Waals surface area contributed by atoms with Crippen molar-refractivity contribution in [3.63, 3.8) is 0 Å². The number of benzene rings is 4. The number of rotatable bonds is 5. The molecule has 0 unspecified atom stereocenters. The Bertz CT molecular complexity index is 1410. The van der Waals surface area contributed by atoms with Gasteiger partial charge in [0, 0.05) is 11.1 Å². The molecule has 1 aliphatic rings. The van der Waals surface area contributed by atoms with E-state index in [1.807, 2.05) is 49.4 Å². The molecular weight excluding hydrogens is 451 g/mol. The van der Waals surface area contributed by atoms with Crippen LogP contribution in [0.25, 0.3) is 17.2 Å². The van der Waals surface area contributed by atoms with Crippen LogP contribution in [0.2, 0.25) is 5.02 Å². The zero-order valence-corrected chi connectivity index (χ0v) is 19.1. The van der Waals surface area contributed by atoms with Crippen molar-refractivity contribution in [2.24, 2.45) is 0 Å². The van der Waals surface area contributed by atoms with Gasteiger partial charge in [-0.2, -0.15) is 0 Å². The van der Waals surface area contributed by atoms with Crippen LogP contribution in [0, 0.1) is 12.7 Å². The molecule has 0 fully saturated rings. The number of fused-ring (bicyclic) bond motifs is 1. The highest BCUT2D eigenvalue weighted by Crippen LogP contribution is 2.39. The Balaban J connectivity index is 1.35. The second-order valence-corrected chi connectivity index (χ2v) is 8.42. The number of ketones is 1. The van der Waals surface area contributed by atoms with Gasteiger partial charge in [0.1, 0.15) is 23.9 Å². The summed E-state index contributed by atoms with van der Waals surface area (Å²) in [5, 5.41) is 0.300. The molecule has 4 aromatic rings. The third-order valence-corrected chi connectivity index (χ3v) is 6.10. The smallest absolute Gasteiger partial charge is 0.231 e. The molecule has 0 bridgehead atoms. The summed E-state index contributed by atoms with van der Waals surface area (Å²) in [6.07, 6.45) is 1.75. The number of ether oxygens (including phenoxy) is 2.